The Balaban J connectivity index is 1.73. The van der Waals surface area contributed by atoms with Crippen LogP contribution in [-0.2, 0) is 14.3 Å². The zero-order chi connectivity index (χ0) is 27.0. The van der Waals surface area contributed by atoms with E-state index in [4.69, 9.17) is 14.2 Å². The fourth-order valence-electron chi connectivity index (χ4n) is 3.14. The number of aliphatic hydroxyl groups is 1. The van der Waals surface area contributed by atoms with Crippen molar-refractivity contribution >= 4 is 40.6 Å². The minimum Gasteiger partial charge on any atom is -0.506 e. The number of rotatable bonds is 8. The molecule has 1 amide bonds. The van der Waals surface area contributed by atoms with Gasteiger partial charge in [0.25, 0.3) is 0 Å². The zero-order valence-electron chi connectivity index (χ0n) is 21.1. The van der Waals surface area contributed by atoms with Crippen molar-refractivity contribution in [1.82, 2.24) is 5.32 Å². The minimum absolute atomic E-state index is 0.0105. The van der Waals surface area contributed by atoms with Gasteiger partial charge in [-0.25, -0.2) is 14.6 Å². The number of aliphatic hydroxyl groups excluding tert-OH is 1. The van der Waals surface area contributed by atoms with Gasteiger partial charge in [0.1, 0.15) is 28.6 Å². The molecular weight excluding hydrogens is 496 g/mol. The number of aliphatic imine (C=N–C) groups is 1. The lowest BCUT2D eigenvalue weighted by Crippen LogP contribution is -2.34. The molecule has 2 aromatic rings. The van der Waals surface area contributed by atoms with Crippen LogP contribution in [0.25, 0.3) is 6.08 Å². The molecule has 1 heterocycles. The summed E-state index contributed by atoms with van der Waals surface area (Å²) in [6.07, 6.45) is 1.07. The van der Waals surface area contributed by atoms with E-state index in [1.165, 1.54) is 6.07 Å². The maximum atomic E-state index is 12.5. The maximum absolute atomic E-state index is 12.5. The molecule has 10 heteroatoms. The molecule has 2 aromatic carbocycles. The van der Waals surface area contributed by atoms with Gasteiger partial charge in [-0.3, -0.25) is 0 Å². The summed E-state index contributed by atoms with van der Waals surface area (Å²) in [7, 11) is 0. The fourth-order valence-corrected chi connectivity index (χ4v) is 4.17. The zero-order valence-corrected chi connectivity index (χ0v) is 21.9. The molecule has 0 bridgehead atoms. The van der Waals surface area contributed by atoms with E-state index in [9.17, 15) is 19.8 Å². The summed E-state index contributed by atoms with van der Waals surface area (Å²) < 4.78 is 15.8. The van der Waals surface area contributed by atoms with Crippen LogP contribution in [0.5, 0.6) is 11.5 Å². The number of aromatic hydroxyl groups is 1. The third-order valence-corrected chi connectivity index (χ3v) is 5.69. The summed E-state index contributed by atoms with van der Waals surface area (Å²) in [5.41, 5.74) is 0.583. The van der Waals surface area contributed by atoms with Gasteiger partial charge < -0.3 is 29.7 Å². The highest BCUT2D eigenvalue weighted by Gasteiger charge is 2.33. The minimum atomic E-state index is -0.669. The van der Waals surface area contributed by atoms with E-state index in [1.54, 1.807) is 58.0 Å². The van der Waals surface area contributed by atoms with Gasteiger partial charge in [0.05, 0.1) is 23.7 Å². The SMILES string of the molecule is CCOC(=O)C1=C(O)/C(=C/c2ccc(OCCNC(=O)OC(C)(C)C)c(O)c2)SC1=Nc1ccccc1. The number of carbonyl (C=O) groups is 2. The van der Waals surface area contributed by atoms with Crippen molar-refractivity contribution in [2.45, 2.75) is 33.3 Å². The molecule has 0 aromatic heterocycles. The number of benzene rings is 2. The first-order chi connectivity index (χ1) is 17.6. The number of para-hydroxylation sites is 1. The van der Waals surface area contributed by atoms with Gasteiger partial charge in [0, 0.05) is 0 Å². The summed E-state index contributed by atoms with van der Waals surface area (Å²) in [6.45, 7) is 7.46. The number of phenolic OH excluding ortho intramolecular Hbond substituents is 1. The van der Waals surface area contributed by atoms with Crippen molar-refractivity contribution in [2.75, 3.05) is 19.8 Å². The van der Waals surface area contributed by atoms with Crippen molar-refractivity contribution in [3.63, 3.8) is 0 Å². The number of nitrogens with one attached hydrogen (secondary N) is 1. The van der Waals surface area contributed by atoms with E-state index < -0.39 is 17.7 Å². The maximum Gasteiger partial charge on any atom is 0.407 e. The first-order valence-corrected chi connectivity index (χ1v) is 12.5. The van der Waals surface area contributed by atoms with Crippen molar-refractivity contribution in [2.24, 2.45) is 4.99 Å². The van der Waals surface area contributed by atoms with E-state index in [1.807, 2.05) is 18.2 Å². The summed E-state index contributed by atoms with van der Waals surface area (Å²) in [6, 6.07) is 13.8. The van der Waals surface area contributed by atoms with Gasteiger partial charge in [-0.1, -0.05) is 36.0 Å². The number of carbonyl (C=O) groups excluding carboxylic acids is 2. The molecule has 0 saturated carbocycles. The second kappa shape index (κ2) is 12.4. The van der Waals surface area contributed by atoms with E-state index in [2.05, 4.69) is 10.3 Å². The Labute approximate surface area is 219 Å². The van der Waals surface area contributed by atoms with Gasteiger partial charge >= 0.3 is 12.1 Å². The van der Waals surface area contributed by atoms with Crippen LogP contribution in [-0.4, -0.2) is 52.7 Å². The van der Waals surface area contributed by atoms with Crippen LogP contribution in [0.15, 0.2) is 69.8 Å². The normalized spacial score (nSPS) is 15.7. The Bertz CT molecular complexity index is 1230. The van der Waals surface area contributed by atoms with Crippen molar-refractivity contribution in [3.05, 3.63) is 70.3 Å². The predicted octanol–water partition coefficient (Wildman–Crippen LogP) is 5.49. The Morgan fingerprint density at radius 2 is 1.84 bits per heavy atom. The molecule has 0 atom stereocenters. The van der Waals surface area contributed by atoms with E-state index >= 15 is 0 Å². The number of nitrogens with zero attached hydrogens (tertiary/aromatic N) is 1. The number of hydrogen-bond acceptors (Lipinski definition) is 9. The third kappa shape index (κ3) is 8.04. The summed E-state index contributed by atoms with van der Waals surface area (Å²) in [5.74, 6) is -0.810. The smallest absolute Gasteiger partial charge is 0.407 e. The summed E-state index contributed by atoms with van der Waals surface area (Å²) in [4.78, 5) is 29.1. The fraction of sp³-hybridized carbons (Fsp3) is 0.296. The lowest BCUT2D eigenvalue weighted by atomic mass is 10.1. The quantitative estimate of drug-likeness (QED) is 0.304. The number of alkyl carbamates (subject to hydrolysis) is 1. The predicted molar refractivity (Wildman–Crippen MR) is 143 cm³/mol. The molecule has 0 spiro atoms. The lowest BCUT2D eigenvalue weighted by Gasteiger charge is -2.19. The van der Waals surface area contributed by atoms with Crippen LogP contribution < -0.4 is 10.1 Å². The highest BCUT2D eigenvalue weighted by Crippen LogP contribution is 2.40. The molecule has 196 valence electrons. The molecule has 0 saturated heterocycles. The molecule has 1 aliphatic heterocycles. The van der Waals surface area contributed by atoms with Crippen LogP contribution in [0, 0.1) is 0 Å². The van der Waals surface area contributed by atoms with Gasteiger partial charge in [0.2, 0.25) is 0 Å². The van der Waals surface area contributed by atoms with Gasteiger partial charge in [0.15, 0.2) is 11.5 Å². The Morgan fingerprint density at radius 1 is 1.11 bits per heavy atom. The number of hydrogen-bond donors (Lipinski definition) is 3. The second-order valence-corrected chi connectivity index (χ2v) is 9.84. The number of thioether (sulfide) groups is 1. The molecule has 0 aliphatic carbocycles. The first kappa shape index (κ1) is 27.7. The number of esters is 1. The van der Waals surface area contributed by atoms with Crippen LogP contribution in [0.1, 0.15) is 33.3 Å². The van der Waals surface area contributed by atoms with E-state index in [0.717, 1.165) is 11.8 Å². The largest absolute Gasteiger partial charge is 0.506 e. The molecule has 1 aliphatic rings. The molecule has 37 heavy (non-hydrogen) atoms. The molecule has 0 radical (unpaired) electrons. The van der Waals surface area contributed by atoms with Crippen molar-refractivity contribution in [3.8, 4) is 11.5 Å². The molecule has 0 fully saturated rings. The average Bonchev–Trinajstić information content (AvgIpc) is 3.12. The van der Waals surface area contributed by atoms with E-state index in [-0.39, 0.29) is 42.6 Å². The lowest BCUT2D eigenvalue weighted by molar-refractivity contribution is -0.138. The standard InChI is InChI=1S/C27H30N2O7S/c1-5-34-25(32)22-23(31)21(37-24(22)29-18-9-7-6-8-10-18)16-17-11-12-20(19(30)15-17)35-14-13-28-26(33)36-27(2,3)4/h6-12,15-16,30-31H,5,13-14H2,1-4H3,(H,28,33)/b21-16-,29-24?. The van der Waals surface area contributed by atoms with Gasteiger partial charge in [-0.15, -0.1) is 0 Å². The second-order valence-electron chi connectivity index (χ2n) is 8.81. The average molecular weight is 527 g/mol. The van der Waals surface area contributed by atoms with Crippen LogP contribution >= 0.6 is 11.8 Å². The topological polar surface area (TPSA) is 127 Å². The summed E-state index contributed by atoms with van der Waals surface area (Å²) >= 11 is 1.13. The number of amides is 1. The Morgan fingerprint density at radius 3 is 2.49 bits per heavy atom. The highest BCUT2D eigenvalue weighted by molar-refractivity contribution is 8.18. The van der Waals surface area contributed by atoms with Crippen LogP contribution in [0.2, 0.25) is 0 Å². The van der Waals surface area contributed by atoms with Crippen LogP contribution in [0.4, 0.5) is 10.5 Å². The van der Waals surface area contributed by atoms with Gasteiger partial charge in [-0.2, -0.15) is 0 Å². The first-order valence-electron chi connectivity index (χ1n) is 11.6. The van der Waals surface area contributed by atoms with Crippen molar-refractivity contribution < 1.29 is 34.0 Å². The highest BCUT2D eigenvalue weighted by atomic mass is 32.2. The summed E-state index contributed by atoms with van der Waals surface area (Å²) in [5, 5.41) is 24.1. The molecular formula is C27H30N2O7S. The van der Waals surface area contributed by atoms with Crippen LogP contribution in [0.3, 0.4) is 0 Å². The van der Waals surface area contributed by atoms with E-state index in [0.29, 0.717) is 21.2 Å². The third-order valence-electron chi connectivity index (χ3n) is 4.67. The molecule has 3 rings (SSSR count). The molecule has 3 N–H and O–H groups in total. The molecule has 9 nitrogen and oxygen atoms in total. The Hall–Kier alpha value is -3.92. The van der Waals surface area contributed by atoms with Gasteiger partial charge in [-0.05, 0) is 63.6 Å². The number of ether oxygens (including phenoxy) is 3. The number of phenols is 1. The van der Waals surface area contributed by atoms with Crippen molar-refractivity contribution in [1.29, 1.82) is 0 Å². The monoisotopic (exact) mass is 526 g/mol. The molecule has 0 unspecified atom stereocenters. The Kier molecular flexibility index (Phi) is 9.24.